The van der Waals surface area contributed by atoms with Gasteiger partial charge in [0.05, 0.1) is 16.6 Å². The van der Waals surface area contributed by atoms with Gasteiger partial charge < -0.3 is 10.3 Å². The first-order valence-corrected chi connectivity index (χ1v) is 7.82. The van der Waals surface area contributed by atoms with Crippen LogP contribution in [0.1, 0.15) is 16.1 Å². The Kier molecular flexibility index (Phi) is 3.72. The second-order valence-electron chi connectivity index (χ2n) is 5.87. The van der Waals surface area contributed by atoms with Gasteiger partial charge in [0, 0.05) is 17.1 Å². The van der Waals surface area contributed by atoms with Gasteiger partial charge in [-0.15, -0.1) is 0 Å². The monoisotopic (exact) mass is 372 g/mol. The molecule has 2 aromatic heterocycles. The molecule has 0 radical (unpaired) electrons. The SMILES string of the molecule is O=C(Nc1ccc2n[nH]c(C(F)(F)F)c2c1)c1cccc2ccc(=O)[nH]c12. The fourth-order valence-electron chi connectivity index (χ4n) is 2.87. The number of hydrogen-bond acceptors (Lipinski definition) is 3. The van der Waals surface area contributed by atoms with Crippen LogP contribution < -0.4 is 10.9 Å². The predicted octanol–water partition coefficient (Wildman–Crippen LogP) is 3.68. The Bertz CT molecular complexity index is 1240. The van der Waals surface area contributed by atoms with E-state index in [0.717, 1.165) is 0 Å². The van der Waals surface area contributed by atoms with Crippen LogP contribution in [0.3, 0.4) is 0 Å². The third-order valence-corrected chi connectivity index (χ3v) is 4.10. The van der Waals surface area contributed by atoms with Crippen LogP contribution in [0.5, 0.6) is 0 Å². The van der Waals surface area contributed by atoms with Crippen molar-refractivity contribution in [3.63, 3.8) is 0 Å². The van der Waals surface area contributed by atoms with E-state index in [1.807, 2.05) is 5.10 Å². The molecule has 27 heavy (non-hydrogen) atoms. The number of pyridine rings is 1. The van der Waals surface area contributed by atoms with Crippen LogP contribution >= 0.6 is 0 Å². The largest absolute Gasteiger partial charge is 0.433 e. The molecule has 0 saturated carbocycles. The van der Waals surface area contributed by atoms with Gasteiger partial charge in [0.1, 0.15) is 5.69 Å². The number of alkyl halides is 3. The number of benzene rings is 2. The van der Waals surface area contributed by atoms with E-state index < -0.39 is 17.8 Å². The number of carbonyl (C=O) groups excluding carboxylic acids is 1. The summed E-state index contributed by atoms with van der Waals surface area (Å²) in [6.07, 6.45) is -4.59. The number of carbonyl (C=O) groups is 1. The van der Waals surface area contributed by atoms with Crippen molar-refractivity contribution in [1.82, 2.24) is 15.2 Å². The molecule has 6 nitrogen and oxygen atoms in total. The molecule has 0 spiro atoms. The van der Waals surface area contributed by atoms with Crippen molar-refractivity contribution < 1.29 is 18.0 Å². The lowest BCUT2D eigenvalue weighted by Gasteiger charge is -2.09. The average Bonchev–Trinajstić information content (AvgIpc) is 3.04. The summed E-state index contributed by atoms with van der Waals surface area (Å²) in [5.41, 5.74) is -0.485. The van der Waals surface area contributed by atoms with Crippen molar-refractivity contribution in [2.75, 3.05) is 5.32 Å². The van der Waals surface area contributed by atoms with Crippen LogP contribution in [0.15, 0.2) is 53.3 Å². The van der Waals surface area contributed by atoms with Crippen molar-refractivity contribution >= 4 is 33.4 Å². The molecule has 0 fully saturated rings. The average molecular weight is 372 g/mol. The quantitative estimate of drug-likeness (QED) is 0.501. The maximum absolute atomic E-state index is 13.0. The lowest BCUT2D eigenvalue weighted by atomic mass is 10.1. The van der Waals surface area contributed by atoms with Gasteiger partial charge in [-0.3, -0.25) is 14.7 Å². The lowest BCUT2D eigenvalue weighted by Crippen LogP contribution is -2.14. The molecule has 4 rings (SSSR count). The Balaban J connectivity index is 1.73. The van der Waals surface area contributed by atoms with Crippen molar-refractivity contribution in [3.8, 4) is 0 Å². The zero-order valence-corrected chi connectivity index (χ0v) is 13.5. The maximum Gasteiger partial charge on any atom is 0.433 e. The molecule has 4 aromatic rings. The molecule has 0 aliphatic carbocycles. The molecule has 0 bridgehead atoms. The van der Waals surface area contributed by atoms with Crippen LogP contribution in [0.2, 0.25) is 0 Å². The number of fused-ring (bicyclic) bond motifs is 2. The Morgan fingerprint density at radius 3 is 2.67 bits per heavy atom. The minimum atomic E-state index is -4.59. The first-order chi connectivity index (χ1) is 12.8. The molecule has 0 aliphatic heterocycles. The summed E-state index contributed by atoms with van der Waals surface area (Å²) >= 11 is 0. The highest BCUT2D eigenvalue weighted by molar-refractivity contribution is 6.12. The third kappa shape index (κ3) is 3.03. The first-order valence-electron chi connectivity index (χ1n) is 7.82. The van der Waals surface area contributed by atoms with E-state index in [9.17, 15) is 22.8 Å². The van der Waals surface area contributed by atoms with Crippen molar-refractivity contribution in [2.24, 2.45) is 0 Å². The Morgan fingerprint density at radius 1 is 1.07 bits per heavy atom. The molecular weight excluding hydrogens is 361 g/mol. The van der Waals surface area contributed by atoms with Gasteiger partial charge in [-0.2, -0.15) is 18.3 Å². The van der Waals surface area contributed by atoms with Crippen LogP contribution in [0.25, 0.3) is 21.8 Å². The molecule has 3 N–H and O–H groups in total. The number of hydrogen-bond donors (Lipinski definition) is 3. The van der Waals surface area contributed by atoms with E-state index in [1.54, 1.807) is 18.2 Å². The second-order valence-corrected chi connectivity index (χ2v) is 5.87. The third-order valence-electron chi connectivity index (χ3n) is 4.10. The van der Waals surface area contributed by atoms with Crippen molar-refractivity contribution in [1.29, 1.82) is 0 Å². The Labute approximate surface area is 149 Å². The van der Waals surface area contributed by atoms with Gasteiger partial charge in [0.2, 0.25) is 5.56 Å². The fourth-order valence-corrected chi connectivity index (χ4v) is 2.87. The fraction of sp³-hybridized carbons (Fsp3) is 0.0556. The van der Waals surface area contributed by atoms with Gasteiger partial charge in [0.25, 0.3) is 5.91 Å². The number of nitrogens with one attached hydrogen (secondary N) is 3. The van der Waals surface area contributed by atoms with Crippen molar-refractivity contribution in [2.45, 2.75) is 6.18 Å². The molecule has 0 unspecified atom stereocenters. The number of anilines is 1. The maximum atomic E-state index is 13.0. The van der Waals surface area contributed by atoms with E-state index in [4.69, 9.17) is 0 Å². The molecule has 0 atom stereocenters. The molecule has 2 aromatic carbocycles. The summed E-state index contributed by atoms with van der Waals surface area (Å²) in [6.45, 7) is 0. The number of nitrogens with zero attached hydrogens (tertiary/aromatic N) is 1. The van der Waals surface area contributed by atoms with Crippen LogP contribution in [-0.4, -0.2) is 21.1 Å². The summed E-state index contributed by atoms with van der Waals surface area (Å²) in [5.74, 6) is -0.557. The van der Waals surface area contributed by atoms with Crippen molar-refractivity contribution in [3.05, 3.63) is 70.1 Å². The predicted molar refractivity (Wildman–Crippen MR) is 93.6 cm³/mol. The van der Waals surface area contributed by atoms with E-state index in [1.165, 1.54) is 30.3 Å². The first kappa shape index (κ1) is 16.8. The standard InChI is InChI=1S/C18H11F3N4O2/c19-18(20,21)16-12-8-10(5-6-13(12)24-25-16)22-17(27)11-3-1-2-9-4-7-14(26)23-15(9)11/h1-8H,(H,22,27)(H,23,26)(H,24,25). The highest BCUT2D eigenvalue weighted by Crippen LogP contribution is 2.34. The molecule has 0 aliphatic rings. The molecule has 2 heterocycles. The number of halogens is 3. The highest BCUT2D eigenvalue weighted by atomic mass is 19.4. The van der Waals surface area contributed by atoms with Crippen LogP contribution in [-0.2, 0) is 6.18 Å². The Hall–Kier alpha value is -3.62. The summed E-state index contributed by atoms with van der Waals surface area (Å²) in [5, 5.41) is 8.66. The summed E-state index contributed by atoms with van der Waals surface area (Å²) in [6, 6.07) is 11.9. The van der Waals surface area contributed by atoms with E-state index >= 15 is 0 Å². The van der Waals surface area contributed by atoms with Gasteiger partial charge in [-0.25, -0.2) is 0 Å². The zero-order chi connectivity index (χ0) is 19.2. The van der Waals surface area contributed by atoms with Crippen LogP contribution in [0.4, 0.5) is 18.9 Å². The summed E-state index contributed by atoms with van der Waals surface area (Å²) in [7, 11) is 0. The van der Waals surface area contributed by atoms with Gasteiger partial charge in [-0.1, -0.05) is 12.1 Å². The van der Waals surface area contributed by atoms with E-state index in [2.05, 4.69) is 15.4 Å². The van der Waals surface area contributed by atoms with Gasteiger partial charge in [0.15, 0.2) is 0 Å². The number of H-pyrrole nitrogens is 2. The molecule has 1 amide bonds. The number of para-hydroxylation sites is 1. The summed E-state index contributed by atoms with van der Waals surface area (Å²) in [4.78, 5) is 26.8. The molecule has 9 heteroatoms. The molecule has 136 valence electrons. The van der Waals surface area contributed by atoms with Gasteiger partial charge in [-0.05, 0) is 35.7 Å². The van der Waals surface area contributed by atoms with E-state index in [-0.39, 0.29) is 27.7 Å². The smallest absolute Gasteiger partial charge is 0.322 e. The number of amides is 1. The van der Waals surface area contributed by atoms with Crippen LogP contribution in [0, 0.1) is 0 Å². The lowest BCUT2D eigenvalue weighted by molar-refractivity contribution is -0.139. The molecular formula is C18H11F3N4O2. The van der Waals surface area contributed by atoms with E-state index in [0.29, 0.717) is 10.9 Å². The number of rotatable bonds is 2. The summed E-state index contributed by atoms with van der Waals surface area (Å²) < 4.78 is 39.1. The minimum absolute atomic E-state index is 0.134. The zero-order valence-electron chi connectivity index (χ0n) is 13.5. The molecule has 0 saturated heterocycles. The normalized spacial score (nSPS) is 11.8. The highest BCUT2D eigenvalue weighted by Gasteiger charge is 2.35. The Morgan fingerprint density at radius 2 is 1.89 bits per heavy atom. The number of aromatic amines is 2. The topological polar surface area (TPSA) is 90.6 Å². The minimum Gasteiger partial charge on any atom is -0.322 e. The second kappa shape index (κ2) is 5.97. The number of aromatic nitrogens is 3. The van der Waals surface area contributed by atoms with Gasteiger partial charge >= 0.3 is 6.18 Å².